The van der Waals surface area contributed by atoms with Gasteiger partial charge in [0.15, 0.2) is 0 Å². The van der Waals surface area contributed by atoms with E-state index in [1.165, 1.54) is 37.7 Å². The summed E-state index contributed by atoms with van der Waals surface area (Å²) >= 11 is 6.48. The number of benzene rings is 2. The van der Waals surface area contributed by atoms with Crippen molar-refractivity contribution in [2.75, 3.05) is 0 Å². The quantitative estimate of drug-likeness (QED) is 0.471. The SMILES string of the molecule is C=Cc1ccc2c(Cl)cc(-c3ccc(CCCC4CC4)cc3)nc2c1. The second-order valence-corrected chi connectivity index (χ2v) is 7.41. The molecule has 1 aliphatic rings. The molecular formula is C23H22ClN. The highest BCUT2D eigenvalue weighted by Crippen LogP contribution is 2.34. The third-order valence-corrected chi connectivity index (χ3v) is 5.36. The predicted molar refractivity (Wildman–Crippen MR) is 108 cm³/mol. The van der Waals surface area contributed by atoms with Crippen LogP contribution in [-0.2, 0) is 6.42 Å². The van der Waals surface area contributed by atoms with Crippen molar-refractivity contribution in [3.05, 3.63) is 71.3 Å². The summed E-state index contributed by atoms with van der Waals surface area (Å²) in [6.45, 7) is 3.83. The lowest BCUT2D eigenvalue weighted by atomic mass is 10.0. The van der Waals surface area contributed by atoms with E-state index in [1.54, 1.807) is 0 Å². The van der Waals surface area contributed by atoms with E-state index in [2.05, 4.69) is 30.8 Å². The summed E-state index contributed by atoms with van der Waals surface area (Å²) in [6.07, 6.45) is 8.58. The Labute approximate surface area is 154 Å². The third-order valence-electron chi connectivity index (χ3n) is 5.04. The summed E-state index contributed by atoms with van der Waals surface area (Å²) < 4.78 is 0. The van der Waals surface area contributed by atoms with Gasteiger partial charge in [0.25, 0.3) is 0 Å². The van der Waals surface area contributed by atoms with Gasteiger partial charge in [-0.05, 0) is 42.0 Å². The number of nitrogens with zero attached hydrogens (tertiary/aromatic N) is 1. The topological polar surface area (TPSA) is 12.9 Å². The molecule has 0 radical (unpaired) electrons. The Hall–Kier alpha value is -2.12. The third kappa shape index (κ3) is 3.77. The van der Waals surface area contributed by atoms with Gasteiger partial charge in [0.05, 0.1) is 16.2 Å². The smallest absolute Gasteiger partial charge is 0.0730 e. The van der Waals surface area contributed by atoms with Crippen LogP contribution in [0.1, 0.15) is 36.8 Å². The van der Waals surface area contributed by atoms with Gasteiger partial charge in [-0.3, -0.25) is 0 Å². The van der Waals surface area contributed by atoms with Crippen LogP contribution in [0.25, 0.3) is 28.2 Å². The van der Waals surface area contributed by atoms with Gasteiger partial charge >= 0.3 is 0 Å². The minimum absolute atomic E-state index is 0.740. The van der Waals surface area contributed by atoms with E-state index in [1.807, 2.05) is 30.3 Å². The first kappa shape index (κ1) is 16.4. The molecule has 2 aromatic carbocycles. The van der Waals surface area contributed by atoms with Gasteiger partial charge < -0.3 is 0 Å². The molecule has 25 heavy (non-hydrogen) atoms. The second-order valence-electron chi connectivity index (χ2n) is 7.00. The summed E-state index contributed by atoms with van der Waals surface area (Å²) in [7, 11) is 0. The molecular weight excluding hydrogens is 326 g/mol. The van der Waals surface area contributed by atoms with E-state index < -0.39 is 0 Å². The highest BCUT2D eigenvalue weighted by Gasteiger charge is 2.20. The van der Waals surface area contributed by atoms with Gasteiger partial charge in [0.2, 0.25) is 0 Å². The van der Waals surface area contributed by atoms with Crippen LogP contribution in [0.2, 0.25) is 5.02 Å². The van der Waals surface area contributed by atoms with E-state index in [4.69, 9.17) is 16.6 Å². The van der Waals surface area contributed by atoms with E-state index in [-0.39, 0.29) is 0 Å². The Morgan fingerprint density at radius 1 is 1.08 bits per heavy atom. The van der Waals surface area contributed by atoms with Crippen LogP contribution in [-0.4, -0.2) is 4.98 Å². The molecule has 126 valence electrons. The summed E-state index contributed by atoms with van der Waals surface area (Å²) in [4.78, 5) is 4.81. The zero-order valence-electron chi connectivity index (χ0n) is 14.3. The normalized spacial score (nSPS) is 14.0. The van der Waals surface area contributed by atoms with Crippen molar-refractivity contribution in [2.24, 2.45) is 5.92 Å². The van der Waals surface area contributed by atoms with Gasteiger partial charge in [-0.25, -0.2) is 4.98 Å². The number of pyridine rings is 1. The monoisotopic (exact) mass is 347 g/mol. The molecule has 0 N–H and O–H groups in total. The fourth-order valence-corrected chi connectivity index (χ4v) is 3.58. The molecule has 2 heteroatoms. The average molecular weight is 348 g/mol. The lowest BCUT2D eigenvalue weighted by molar-refractivity contribution is 0.666. The highest BCUT2D eigenvalue weighted by molar-refractivity contribution is 6.35. The van der Waals surface area contributed by atoms with E-state index in [0.717, 1.165) is 38.7 Å². The highest BCUT2D eigenvalue weighted by atomic mass is 35.5. The molecule has 1 nitrogen and oxygen atoms in total. The lowest BCUT2D eigenvalue weighted by Crippen LogP contribution is -1.90. The summed E-state index contributed by atoms with van der Waals surface area (Å²) in [5.74, 6) is 1.02. The van der Waals surface area contributed by atoms with Crippen molar-refractivity contribution in [1.82, 2.24) is 4.98 Å². The number of fused-ring (bicyclic) bond motifs is 1. The molecule has 1 fully saturated rings. The molecule has 0 unspecified atom stereocenters. The van der Waals surface area contributed by atoms with Crippen molar-refractivity contribution < 1.29 is 0 Å². The van der Waals surface area contributed by atoms with Crippen molar-refractivity contribution in [1.29, 1.82) is 0 Å². The summed E-state index contributed by atoms with van der Waals surface area (Å²) in [6, 6.07) is 16.8. The van der Waals surface area contributed by atoms with Crippen LogP contribution in [0, 0.1) is 5.92 Å². The van der Waals surface area contributed by atoms with Gasteiger partial charge in [-0.1, -0.05) is 79.9 Å². The minimum atomic E-state index is 0.740. The Balaban J connectivity index is 1.58. The van der Waals surface area contributed by atoms with Crippen LogP contribution in [0.3, 0.4) is 0 Å². The lowest BCUT2D eigenvalue weighted by Gasteiger charge is -2.08. The van der Waals surface area contributed by atoms with Crippen molar-refractivity contribution >= 4 is 28.6 Å². The maximum absolute atomic E-state index is 6.48. The molecule has 0 aliphatic heterocycles. The van der Waals surface area contributed by atoms with Gasteiger partial charge in [-0.2, -0.15) is 0 Å². The van der Waals surface area contributed by atoms with Crippen LogP contribution < -0.4 is 0 Å². The zero-order valence-corrected chi connectivity index (χ0v) is 15.1. The zero-order chi connectivity index (χ0) is 17.2. The molecule has 0 saturated heterocycles. The van der Waals surface area contributed by atoms with Crippen molar-refractivity contribution in [2.45, 2.75) is 32.1 Å². The van der Waals surface area contributed by atoms with E-state index in [0.29, 0.717) is 0 Å². The van der Waals surface area contributed by atoms with Gasteiger partial charge in [-0.15, -0.1) is 0 Å². The summed E-state index contributed by atoms with van der Waals surface area (Å²) in [5, 5.41) is 1.72. The maximum atomic E-state index is 6.48. The van der Waals surface area contributed by atoms with Gasteiger partial charge in [0.1, 0.15) is 0 Å². The van der Waals surface area contributed by atoms with Crippen LogP contribution >= 0.6 is 11.6 Å². The molecule has 1 heterocycles. The number of hydrogen-bond donors (Lipinski definition) is 0. The first-order valence-corrected chi connectivity index (χ1v) is 9.43. The molecule has 0 atom stereocenters. The predicted octanol–water partition coefficient (Wildman–Crippen LogP) is 6.93. The number of aromatic nitrogens is 1. The number of hydrogen-bond acceptors (Lipinski definition) is 1. The number of rotatable bonds is 6. The number of halogens is 1. The largest absolute Gasteiger partial charge is 0.248 e. The Bertz CT molecular complexity index is 907. The Morgan fingerprint density at radius 2 is 1.88 bits per heavy atom. The molecule has 3 aromatic rings. The van der Waals surface area contributed by atoms with Crippen molar-refractivity contribution in [3.63, 3.8) is 0 Å². The Morgan fingerprint density at radius 3 is 2.60 bits per heavy atom. The molecule has 0 spiro atoms. The Kier molecular flexibility index (Phi) is 4.59. The van der Waals surface area contributed by atoms with E-state index in [9.17, 15) is 0 Å². The van der Waals surface area contributed by atoms with E-state index >= 15 is 0 Å². The van der Waals surface area contributed by atoms with Crippen LogP contribution in [0.4, 0.5) is 0 Å². The first-order chi connectivity index (χ1) is 12.2. The molecule has 1 saturated carbocycles. The average Bonchev–Trinajstić information content (AvgIpc) is 3.46. The fraction of sp³-hybridized carbons (Fsp3) is 0.261. The summed E-state index contributed by atoms with van der Waals surface area (Å²) in [5.41, 5.74) is 5.40. The van der Waals surface area contributed by atoms with Crippen LogP contribution in [0.15, 0.2) is 55.1 Å². The minimum Gasteiger partial charge on any atom is -0.248 e. The standard InChI is InChI=1S/C23H22ClN/c1-2-16-10-13-20-21(24)15-22(25-23(20)14-16)19-11-8-18(9-12-19)5-3-4-17-6-7-17/h2,8-15,17H,1,3-7H2. The second kappa shape index (κ2) is 7.01. The molecule has 0 bridgehead atoms. The molecule has 1 aromatic heterocycles. The number of aryl methyl sites for hydroxylation is 1. The first-order valence-electron chi connectivity index (χ1n) is 9.05. The molecule has 0 amide bonds. The van der Waals surface area contributed by atoms with Gasteiger partial charge in [0, 0.05) is 10.9 Å². The van der Waals surface area contributed by atoms with Crippen LogP contribution in [0.5, 0.6) is 0 Å². The van der Waals surface area contributed by atoms with Crippen molar-refractivity contribution in [3.8, 4) is 11.3 Å². The molecule has 4 rings (SSSR count). The molecule has 1 aliphatic carbocycles. The maximum Gasteiger partial charge on any atom is 0.0730 e. The fourth-order valence-electron chi connectivity index (χ4n) is 3.32.